The quantitative estimate of drug-likeness (QED) is 0.253. The first kappa shape index (κ1) is 28.5. The fraction of sp³-hybridized carbons (Fsp3) is 0.345. The van der Waals surface area contributed by atoms with Crippen molar-refractivity contribution in [1.82, 2.24) is 15.0 Å². The highest BCUT2D eigenvalue weighted by molar-refractivity contribution is 6.01. The third-order valence-electron chi connectivity index (χ3n) is 5.39. The SMILES string of the molecule is COCCOc1ccc(C(=O)NN(C(=O)C=Cc2cn(C(=O)OC(C)(C)C)c3ccccc23)C(C)C)cc1. The van der Waals surface area contributed by atoms with Crippen LogP contribution in [-0.2, 0) is 14.3 Å². The van der Waals surface area contributed by atoms with Crippen LogP contribution >= 0.6 is 0 Å². The van der Waals surface area contributed by atoms with Crippen molar-refractivity contribution < 1.29 is 28.6 Å². The van der Waals surface area contributed by atoms with Crippen molar-refractivity contribution in [2.24, 2.45) is 0 Å². The van der Waals surface area contributed by atoms with Gasteiger partial charge in [0.05, 0.1) is 12.1 Å². The number of nitrogens with zero attached hydrogens (tertiary/aromatic N) is 2. The van der Waals surface area contributed by atoms with E-state index in [1.54, 1.807) is 78.3 Å². The van der Waals surface area contributed by atoms with Crippen LogP contribution in [0.1, 0.15) is 50.5 Å². The van der Waals surface area contributed by atoms with Crippen LogP contribution in [0.25, 0.3) is 17.0 Å². The summed E-state index contributed by atoms with van der Waals surface area (Å²) in [6, 6.07) is 13.7. The zero-order chi connectivity index (χ0) is 27.9. The van der Waals surface area contributed by atoms with E-state index in [4.69, 9.17) is 14.2 Å². The molecule has 1 heterocycles. The molecule has 9 heteroatoms. The molecular formula is C29H35N3O6. The van der Waals surface area contributed by atoms with Crippen molar-refractivity contribution in [3.8, 4) is 5.75 Å². The monoisotopic (exact) mass is 521 g/mol. The van der Waals surface area contributed by atoms with E-state index in [0.29, 0.717) is 35.6 Å². The molecule has 0 aliphatic rings. The predicted octanol–water partition coefficient (Wildman–Crippen LogP) is 5.04. The molecule has 0 bridgehead atoms. The number of para-hydroxylation sites is 1. The van der Waals surface area contributed by atoms with E-state index in [-0.39, 0.29) is 6.04 Å². The summed E-state index contributed by atoms with van der Waals surface area (Å²) in [7, 11) is 1.59. The fourth-order valence-electron chi connectivity index (χ4n) is 3.60. The van der Waals surface area contributed by atoms with E-state index in [1.165, 1.54) is 15.7 Å². The molecule has 1 aromatic heterocycles. The highest BCUT2D eigenvalue weighted by Crippen LogP contribution is 2.24. The van der Waals surface area contributed by atoms with Gasteiger partial charge >= 0.3 is 6.09 Å². The first-order valence-corrected chi connectivity index (χ1v) is 12.4. The van der Waals surface area contributed by atoms with Crippen LogP contribution in [0.5, 0.6) is 5.75 Å². The van der Waals surface area contributed by atoms with E-state index < -0.39 is 23.5 Å². The molecule has 0 aliphatic carbocycles. The molecule has 1 N–H and O–H groups in total. The van der Waals surface area contributed by atoms with Crippen molar-refractivity contribution in [1.29, 1.82) is 0 Å². The molecule has 0 radical (unpaired) electrons. The van der Waals surface area contributed by atoms with Gasteiger partial charge in [0.25, 0.3) is 11.8 Å². The molecule has 2 amide bonds. The van der Waals surface area contributed by atoms with Gasteiger partial charge in [-0.15, -0.1) is 0 Å². The number of ether oxygens (including phenoxy) is 3. The third-order valence-corrected chi connectivity index (χ3v) is 5.39. The van der Waals surface area contributed by atoms with Crippen molar-refractivity contribution >= 4 is 34.9 Å². The number of rotatable bonds is 8. The third kappa shape index (κ3) is 7.45. The van der Waals surface area contributed by atoms with Crippen molar-refractivity contribution in [3.63, 3.8) is 0 Å². The zero-order valence-electron chi connectivity index (χ0n) is 22.7. The number of nitrogens with one attached hydrogen (secondary N) is 1. The molecule has 3 aromatic rings. The number of hydrogen-bond donors (Lipinski definition) is 1. The van der Waals surface area contributed by atoms with Crippen LogP contribution in [0.3, 0.4) is 0 Å². The lowest BCUT2D eigenvalue weighted by atomic mass is 10.1. The second kappa shape index (κ2) is 12.4. The molecule has 2 aromatic carbocycles. The maximum absolute atomic E-state index is 13.1. The maximum atomic E-state index is 13.1. The second-order valence-electron chi connectivity index (χ2n) is 9.89. The minimum Gasteiger partial charge on any atom is -0.491 e. The molecule has 0 atom stereocenters. The van der Waals surface area contributed by atoms with Crippen LogP contribution in [-0.4, -0.2) is 59.5 Å². The average molecular weight is 522 g/mol. The van der Waals surface area contributed by atoms with Crippen LogP contribution in [0.2, 0.25) is 0 Å². The van der Waals surface area contributed by atoms with Crippen molar-refractivity contribution in [2.75, 3.05) is 20.3 Å². The van der Waals surface area contributed by atoms with E-state index in [1.807, 2.05) is 24.3 Å². The molecule has 0 fully saturated rings. The molecule has 0 saturated carbocycles. The lowest BCUT2D eigenvalue weighted by Crippen LogP contribution is -2.49. The van der Waals surface area contributed by atoms with Gasteiger partial charge in [-0.3, -0.25) is 19.6 Å². The highest BCUT2D eigenvalue weighted by atomic mass is 16.6. The van der Waals surface area contributed by atoms with Gasteiger partial charge in [-0.25, -0.2) is 9.80 Å². The number of benzene rings is 2. The first-order valence-electron chi connectivity index (χ1n) is 12.4. The average Bonchev–Trinajstić information content (AvgIpc) is 3.24. The molecule has 3 rings (SSSR count). The Hall–Kier alpha value is -4.11. The normalized spacial score (nSPS) is 11.7. The number of carbonyl (C=O) groups excluding carboxylic acids is 3. The molecule has 0 aliphatic heterocycles. The number of fused-ring (bicyclic) bond motifs is 1. The number of methoxy groups -OCH3 is 1. The van der Waals surface area contributed by atoms with E-state index in [9.17, 15) is 14.4 Å². The summed E-state index contributed by atoms with van der Waals surface area (Å²) in [5.41, 5.74) is 3.74. The van der Waals surface area contributed by atoms with Gasteiger partial charge in [0, 0.05) is 41.9 Å². The topological polar surface area (TPSA) is 99.1 Å². The molecule has 0 saturated heterocycles. The van der Waals surface area contributed by atoms with Crippen molar-refractivity contribution in [2.45, 2.75) is 46.3 Å². The van der Waals surface area contributed by atoms with Gasteiger partial charge in [-0.05, 0) is 71.0 Å². The number of hydrogen-bond acceptors (Lipinski definition) is 6. The maximum Gasteiger partial charge on any atom is 0.419 e. The van der Waals surface area contributed by atoms with Crippen LogP contribution < -0.4 is 10.2 Å². The summed E-state index contributed by atoms with van der Waals surface area (Å²) >= 11 is 0. The number of hydrazine groups is 1. The van der Waals surface area contributed by atoms with E-state index in [0.717, 1.165) is 5.39 Å². The number of amides is 2. The standard InChI is InChI=1S/C29H35N3O6/c1-20(2)32(30-27(34)21-11-14-23(15-12-21)37-18-17-36-6)26(33)16-13-22-19-31(28(35)38-29(3,4)5)25-10-8-7-9-24(22)25/h7-16,19-20H,17-18H2,1-6H3,(H,30,34). The van der Waals surface area contributed by atoms with Crippen LogP contribution in [0.4, 0.5) is 4.79 Å². The van der Waals surface area contributed by atoms with Crippen LogP contribution in [0, 0.1) is 0 Å². The Bertz CT molecular complexity index is 1300. The van der Waals surface area contributed by atoms with Gasteiger partial charge in [0.1, 0.15) is 18.0 Å². The fourth-order valence-corrected chi connectivity index (χ4v) is 3.60. The number of aromatic nitrogens is 1. The second-order valence-corrected chi connectivity index (χ2v) is 9.89. The van der Waals surface area contributed by atoms with Gasteiger partial charge in [0.2, 0.25) is 0 Å². The molecule has 0 spiro atoms. The minimum absolute atomic E-state index is 0.309. The molecule has 0 unspecified atom stereocenters. The number of carbonyl (C=O) groups is 3. The van der Waals surface area contributed by atoms with Crippen molar-refractivity contribution in [3.05, 3.63) is 71.9 Å². The Morgan fingerprint density at radius 1 is 1.03 bits per heavy atom. The molecule has 38 heavy (non-hydrogen) atoms. The lowest BCUT2D eigenvalue weighted by Gasteiger charge is -2.26. The predicted molar refractivity (Wildman–Crippen MR) is 146 cm³/mol. The zero-order valence-corrected chi connectivity index (χ0v) is 22.7. The molecular weight excluding hydrogens is 486 g/mol. The van der Waals surface area contributed by atoms with Gasteiger partial charge in [-0.2, -0.15) is 0 Å². The largest absolute Gasteiger partial charge is 0.491 e. The Labute approximate surface area is 222 Å². The Kier molecular flexibility index (Phi) is 9.30. The Morgan fingerprint density at radius 3 is 2.34 bits per heavy atom. The Morgan fingerprint density at radius 2 is 1.71 bits per heavy atom. The highest BCUT2D eigenvalue weighted by Gasteiger charge is 2.21. The molecule has 202 valence electrons. The summed E-state index contributed by atoms with van der Waals surface area (Å²) in [5.74, 6) is -0.226. The lowest BCUT2D eigenvalue weighted by molar-refractivity contribution is -0.130. The summed E-state index contributed by atoms with van der Waals surface area (Å²) in [5, 5.41) is 2.05. The van der Waals surface area contributed by atoms with Gasteiger partial charge in [-0.1, -0.05) is 18.2 Å². The summed E-state index contributed by atoms with van der Waals surface area (Å²) < 4.78 is 17.4. The first-order chi connectivity index (χ1) is 18.0. The van der Waals surface area contributed by atoms with Gasteiger partial charge in [0.15, 0.2) is 0 Å². The van der Waals surface area contributed by atoms with E-state index in [2.05, 4.69) is 5.43 Å². The summed E-state index contributed by atoms with van der Waals surface area (Å²) in [6.07, 6.45) is 4.12. The van der Waals surface area contributed by atoms with Gasteiger partial charge < -0.3 is 14.2 Å². The summed E-state index contributed by atoms with van der Waals surface area (Å²) in [6.45, 7) is 9.87. The smallest absolute Gasteiger partial charge is 0.419 e. The Balaban J connectivity index is 1.76. The minimum atomic E-state index is -0.651. The molecule has 9 nitrogen and oxygen atoms in total. The van der Waals surface area contributed by atoms with E-state index >= 15 is 0 Å². The summed E-state index contributed by atoms with van der Waals surface area (Å²) in [4.78, 5) is 38.7. The van der Waals surface area contributed by atoms with Crippen LogP contribution in [0.15, 0.2) is 60.8 Å².